The number of piperidine rings is 1. The second-order valence-electron chi connectivity index (χ2n) is 4.60. The summed E-state index contributed by atoms with van der Waals surface area (Å²) >= 11 is 15.8. The summed E-state index contributed by atoms with van der Waals surface area (Å²) in [5, 5.41) is 4.82. The molecule has 5 heteroatoms. The SMILES string of the molecule is CCN1CCC(Nc2c(Cl)cc(Br)cc2Cl)CC1. The Kier molecular flexibility index (Phi) is 5.19. The summed E-state index contributed by atoms with van der Waals surface area (Å²) in [6, 6.07) is 4.21. The zero-order valence-electron chi connectivity index (χ0n) is 10.3. The third kappa shape index (κ3) is 3.53. The second-order valence-corrected chi connectivity index (χ2v) is 6.33. The quantitative estimate of drug-likeness (QED) is 0.852. The number of benzene rings is 1. The molecule has 0 aliphatic carbocycles. The number of anilines is 1. The monoisotopic (exact) mass is 350 g/mol. The van der Waals surface area contributed by atoms with Crippen LogP contribution in [0.3, 0.4) is 0 Å². The molecule has 2 rings (SSSR count). The lowest BCUT2D eigenvalue weighted by atomic mass is 10.0. The van der Waals surface area contributed by atoms with Gasteiger partial charge in [0.15, 0.2) is 0 Å². The number of likely N-dealkylation sites (tertiary alicyclic amines) is 1. The lowest BCUT2D eigenvalue weighted by Gasteiger charge is -2.32. The molecular formula is C13H17BrCl2N2. The average Bonchev–Trinajstić information content (AvgIpc) is 2.34. The third-order valence-corrected chi connectivity index (χ3v) is 4.44. The van der Waals surface area contributed by atoms with Crippen molar-refractivity contribution in [1.82, 2.24) is 4.90 Å². The molecule has 1 aromatic carbocycles. The molecule has 1 saturated heterocycles. The summed E-state index contributed by atoms with van der Waals surface area (Å²) in [6.45, 7) is 5.61. The standard InChI is InChI=1S/C13H17BrCl2N2/c1-2-18-5-3-10(4-6-18)17-13-11(15)7-9(14)8-12(13)16/h7-8,10,17H,2-6H2,1H3. The van der Waals surface area contributed by atoms with Gasteiger partial charge in [-0.2, -0.15) is 0 Å². The van der Waals surface area contributed by atoms with Crippen LogP contribution in [0.25, 0.3) is 0 Å². The molecule has 1 fully saturated rings. The van der Waals surface area contributed by atoms with Crippen molar-refractivity contribution in [2.75, 3.05) is 25.0 Å². The number of halogens is 3. The van der Waals surface area contributed by atoms with Gasteiger partial charge in [0.05, 0.1) is 15.7 Å². The molecular weight excluding hydrogens is 335 g/mol. The maximum absolute atomic E-state index is 6.22. The Morgan fingerprint density at radius 2 is 1.83 bits per heavy atom. The Bertz CT molecular complexity index is 394. The smallest absolute Gasteiger partial charge is 0.0721 e. The molecule has 1 aliphatic rings. The van der Waals surface area contributed by atoms with Crippen LogP contribution >= 0.6 is 39.1 Å². The first-order valence-electron chi connectivity index (χ1n) is 6.23. The summed E-state index contributed by atoms with van der Waals surface area (Å²) in [6.07, 6.45) is 2.27. The van der Waals surface area contributed by atoms with E-state index in [-0.39, 0.29) is 0 Å². The van der Waals surface area contributed by atoms with E-state index in [9.17, 15) is 0 Å². The largest absolute Gasteiger partial charge is 0.380 e. The van der Waals surface area contributed by atoms with Crippen molar-refractivity contribution in [3.8, 4) is 0 Å². The van der Waals surface area contributed by atoms with E-state index in [0.717, 1.165) is 42.6 Å². The van der Waals surface area contributed by atoms with Crippen LogP contribution in [0.2, 0.25) is 10.0 Å². The molecule has 2 nitrogen and oxygen atoms in total. The lowest BCUT2D eigenvalue weighted by Crippen LogP contribution is -2.38. The molecule has 0 bridgehead atoms. The van der Waals surface area contributed by atoms with Gasteiger partial charge in [0.1, 0.15) is 0 Å². The van der Waals surface area contributed by atoms with E-state index >= 15 is 0 Å². The molecule has 0 spiro atoms. The van der Waals surface area contributed by atoms with E-state index in [0.29, 0.717) is 16.1 Å². The van der Waals surface area contributed by atoms with Gasteiger partial charge in [-0.1, -0.05) is 46.1 Å². The van der Waals surface area contributed by atoms with Crippen LogP contribution in [-0.2, 0) is 0 Å². The van der Waals surface area contributed by atoms with Gasteiger partial charge >= 0.3 is 0 Å². The van der Waals surface area contributed by atoms with Gasteiger partial charge in [0, 0.05) is 23.6 Å². The van der Waals surface area contributed by atoms with Crippen molar-refractivity contribution >= 4 is 44.8 Å². The van der Waals surface area contributed by atoms with Gasteiger partial charge in [0.2, 0.25) is 0 Å². The van der Waals surface area contributed by atoms with Gasteiger partial charge in [-0.15, -0.1) is 0 Å². The molecule has 1 heterocycles. The summed E-state index contributed by atoms with van der Waals surface area (Å²) in [4.78, 5) is 2.46. The summed E-state index contributed by atoms with van der Waals surface area (Å²) < 4.78 is 0.906. The predicted molar refractivity (Wildman–Crippen MR) is 82.9 cm³/mol. The van der Waals surface area contributed by atoms with Gasteiger partial charge in [-0.3, -0.25) is 0 Å². The van der Waals surface area contributed by atoms with Crippen LogP contribution in [0.4, 0.5) is 5.69 Å². The zero-order valence-corrected chi connectivity index (χ0v) is 13.4. The number of nitrogens with one attached hydrogen (secondary N) is 1. The fourth-order valence-corrected chi connectivity index (χ4v) is 3.60. The molecule has 100 valence electrons. The second kappa shape index (κ2) is 6.47. The van der Waals surface area contributed by atoms with Crippen molar-refractivity contribution in [2.45, 2.75) is 25.8 Å². The Labute approximate surface area is 127 Å². The minimum absolute atomic E-state index is 0.462. The van der Waals surface area contributed by atoms with Crippen LogP contribution in [-0.4, -0.2) is 30.6 Å². The normalized spacial score (nSPS) is 18.0. The number of nitrogens with zero attached hydrogens (tertiary/aromatic N) is 1. The molecule has 0 radical (unpaired) electrons. The van der Waals surface area contributed by atoms with Crippen LogP contribution in [0.15, 0.2) is 16.6 Å². The maximum atomic E-state index is 6.22. The minimum Gasteiger partial charge on any atom is -0.380 e. The molecule has 0 unspecified atom stereocenters. The van der Waals surface area contributed by atoms with E-state index in [1.807, 2.05) is 12.1 Å². The predicted octanol–water partition coefficient (Wildman–Crippen LogP) is 4.65. The van der Waals surface area contributed by atoms with Crippen molar-refractivity contribution in [3.05, 3.63) is 26.7 Å². The first-order valence-corrected chi connectivity index (χ1v) is 7.78. The summed E-state index contributed by atoms with van der Waals surface area (Å²) in [7, 11) is 0. The van der Waals surface area contributed by atoms with E-state index in [1.54, 1.807) is 0 Å². The first kappa shape index (κ1) is 14.4. The van der Waals surface area contributed by atoms with Gasteiger partial charge in [-0.05, 0) is 31.5 Å². The van der Waals surface area contributed by atoms with Crippen molar-refractivity contribution in [3.63, 3.8) is 0 Å². The average molecular weight is 352 g/mol. The highest BCUT2D eigenvalue weighted by Gasteiger charge is 2.19. The van der Waals surface area contributed by atoms with E-state index in [1.165, 1.54) is 0 Å². The fraction of sp³-hybridized carbons (Fsp3) is 0.538. The Hall–Kier alpha value is 0.0400. The molecule has 0 saturated carbocycles. The van der Waals surface area contributed by atoms with Crippen LogP contribution < -0.4 is 5.32 Å². The highest BCUT2D eigenvalue weighted by atomic mass is 79.9. The number of rotatable bonds is 3. The molecule has 1 N–H and O–H groups in total. The van der Waals surface area contributed by atoms with Crippen LogP contribution in [0.5, 0.6) is 0 Å². The molecule has 0 atom stereocenters. The maximum Gasteiger partial charge on any atom is 0.0721 e. The molecule has 18 heavy (non-hydrogen) atoms. The first-order chi connectivity index (χ1) is 8.60. The Balaban J connectivity index is 2.02. The molecule has 0 amide bonds. The fourth-order valence-electron chi connectivity index (χ4n) is 2.28. The molecule has 1 aliphatic heterocycles. The molecule has 1 aromatic rings. The Morgan fingerprint density at radius 3 is 2.33 bits per heavy atom. The van der Waals surface area contributed by atoms with Crippen molar-refractivity contribution < 1.29 is 0 Å². The lowest BCUT2D eigenvalue weighted by molar-refractivity contribution is 0.229. The third-order valence-electron chi connectivity index (χ3n) is 3.39. The summed E-state index contributed by atoms with van der Waals surface area (Å²) in [5.74, 6) is 0. The van der Waals surface area contributed by atoms with Gasteiger partial charge in [-0.25, -0.2) is 0 Å². The number of hydrogen-bond acceptors (Lipinski definition) is 2. The van der Waals surface area contributed by atoms with Gasteiger partial charge < -0.3 is 10.2 Å². The molecule has 0 aromatic heterocycles. The summed E-state index contributed by atoms with van der Waals surface area (Å²) in [5.41, 5.74) is 0.858. The van der Waals surface area contributed by atoms with Crippen molar-refractivity contribution in [2.24, 2.45) is 0 Å². The van der Waals surface area contributed by atoms with Crippen molar-refractivity contribution in [1.29, 1.82) is 0 Å². The number of hydrogen-bond donors (Lipinski definition) is 1. The van der Waals surface area contributed by atoms with Gasteiger partial charge in [0.25, 0.3) is 0 Å². The topological polar surface area (TPSA) is 15.3 Å². The highest BCUT2D eigenvalue weighted by Crippen LogP contribution is 2.35. The zero-order chi connectivity index (χ0) is 13.1. The van der Waals surface area contributed by atoms with Crippen LogP contribution in [0, 0.1) is 0 Å². The van der Waals surface area contributed by atoms with Crippen LogP contribution in [0.1, 0.15) is 19.8 Å². The van der Waals surface area contributed by atoms with E-state index in [4.69, 9.17) is 23.2 Å². The van der Waals surface area contributed by atoms with E-state index in [2.05, 4.69) is 33.1 Å². The van der Waals surface area contributed by atoms with E-state index < -0.39 is 0 Å². The minimum atomic E-state index is 0.462. The highest BCUT2D eigenvalue weighted by molar-refractivity contribution is 9.10. The Morgan fingerprint density at radius 1 is 1.28 bits per heavy atom.